The third kappa shape index (κ3) is 5.79. The third-order valence-electron chi connectivity index (χ3n) is 4.55. The highest BCUT2D eigenvalue weighted by Crippen LogP contribution is 2.21. The molecule has 0 saturated carbocycles. The van der Waals surface area contributed by atoms with Gasteiger partial charge in [0.15, 0.2) is 11.9 Å². The summed E-state index contributed by atoms with van der Waals surface area (Å²) in [7, 11) is 0. The maximum absolute atomic E-state index is 13.2. The normalized spacial score (nSPS) is 21.6. The topological polar surface area (TPSA) is 125 Å². The van der Waals surface area contributed by atoms with E-state index in [1.165, 1.54) is 13.0 Å². The number of benzene rings is 1. The van der Waals surface area contributed by atoms with Crippen molar-refractivity contribution in [1.82, 2.24) is 10.2 Å². The SMILES string of the molecule is CCCN(CCc1ccccc1)C(=O)[C@@H]1OC(C(O)O)=C[C@H](N)[C@H]1NC(C)=O. The van der Waals surface area contributed by atoms with Gasteiger partial charge in [0.2, 0.25) is 12.2 Å². The first kappa shape index (κ1) is 21.9. The van der Waals surface area contributed by atoms with E-state index in [1.807, 2.05) is 37.3 Å². The summed E-state index contributed by atoms with van der Waals surface area (Å²) in [6.07, 6.45) is -0.299. The Morgan fingerprint density at radius 2 is 1.93 bits per heavy atom. The second kappa shape index (κ2) is 10.2. The second-order valence-corrected chi connectivity index (χ2v) is 6.85. The van der Waals surface area contributed by atoms with Crippen LogP contribution < -0.4 is 11.1 Å². The summed E-state index contributed by atoms with van der Waals surface area (Å²) >= 11 is 0. The molecule has 0 saturated heterocycles. The molecule has 154 valence electrons. The first-order valence-electron chi connectivity index (χ1n) is 9.43. The van der Waals surface area contributed by atoms with Crippen LogP contribution in [0.15, 0.2) is 42.2 Å². The molecule has 8 heteroatoms. The van der Waals surface area contributed by atoms with E-state index in [-0.39, 0.29) is 17.6 Å². The number of nitrogens with zero attached hydrogens (tertiary/aromatic N) is 1. The molecule has 2 amide bonds. The number of nitrogens with two attached hydrogens (primary N) is 1. The predicted molar refractivity (Wildman–Crippen MR) is 104 cm³/mol. The van der Waals surface area contributed by atoms with Crippen LogP contribution in [0.2, 0.25) is 0 Å². The molecule has 2 rings (SSSR count). The lowest BCUT2D eigenvalue weighted by molar-refractivity contribution is -0.149. The monoisotopic (exact) mass is 391 g/mol. The van der Waals surface area contributed by atoms with E-state index in [4.69, 9.17) is 10.5 Å². The highest BCUT2D eigenvalue weighted by molar-refractivity contribution is 5.84. The van der Waals surface area contributed by atoms with E-state index in [0.717, 1.165) is 12.0 Å². The zero-order chi connectivity index (χ0) is 20.7. The Kier molecular flexibility index (Phi) is 7.98. The predicted octanol–water partition coefficient (Wildman–Crippen LogP) is -0.107. The van der Waals surface area contributed by atoms with E-state index in [9.17, 15) is 19.8 Å². The minimum absolute atomic E-state index is 0.188. The van der Waals surface area contributed by atoms with Gasteiger partial charge in [-0.15, -0.1) is 0 Å². The highest BCUT2D eigenvalue weighted by Gasteiger charge is 2.41. The molecule has 0 radical (unpaired) electrons. The summed E-state index contributed by atoms with van der Waals surface area (Å²) in [4.78, 5) is 26.5. The van der Waals surface area contributed by atoms with Crippen molar-refractivity contribution < 1.29 is 24.5 Å². The van der Waals surface area contributed by atoms with E-state index in [1.54, 1.807) is 4.90 Å². The number of hydrogen-bond donors (Lipinski definition) is 4. The van der Waals surface area contributed by atoms with Crippen LogP contribution in [-0.2, 0) is 20.7 Å². The molecule has 0 spiro atoms. The summed E-state index contributed by atoms with van der Waals surface area (Å²) in [6, 6.07) is 8.20. The number of aliphatic hydroxyl groups excluding tert-OH is 1. The molecule has 3 atom stereocenters. The molecule has 1 aromatic rings. The van der Waals surface area contributed by atoms with Crippen LogP contribution in [0.1, 0.15) is 25.8 Å². The van der Waals surface area contributed by atoms with Crippen molar-refractivity contribution in [3.63, 3.8) is 0 Å². The lowest BCUT2D eigenvalue weighted by Crippen LogP contribution is -2.61. The lowest BCUT2D eigenvalue weighted by Gasteiger charge is -2.38. The number of amides is 2. The van der Waals surface area contributed by atoms with Gasteiger partial charge in [0.25, 0.3) is 5.91 Å². The molecule has 0 bridgehead atoms. The molecule has 1 aliphatic heterocycles. The first-order valence-corrected chi connectivity index (χ1v) is 9.43. The molecule has 5 N–H and O–H groups in total. The molecule has 28 heavy (non-hydrogen) atoms. The van der Waals surface area contributed by atoms with Crippen molar-refractivity contribution in [2.75, 3.05) is 13.1 Å². The molecule has 1 heterocycles. The molecule has 0 aliphatic carbocycles. The smallest absolute Gasteiger partial charge is 0.265 e. The quantitative estimate of drug-likeness (QED) is 0.459. The first-order chi connectivity index (χ1) is 13.3. The van der Waals surface area contributed by atoms with Crippen molar-refractivity contribution in [2.45, 2.75) is 51.2 Å². The summed E-state index contributed by atoms with van der Waals surface area (Å²) < 4.78 is 5.55. The third-order valence-corrected chi connectivity index (χ3v) is 4.55. The Labute approximate surface area is 165 Å². The summed E-state index contributed by atoms with van der Waals surface area (Å²) in [5.74, 6) is -0.889. The zero-order valence-corrected chi connectivity index (χ0v) is 16.2. The molecule has 0 aromatic heterocycles. The van der Waals surface area contributed by atoms with Gasteiger partial charge in [-0.25, -0.2) is 0 Å². The van der Waals surface area contributed by atoms with Gasteiger partial charge in [0.1, 0.15) is 0 Å². The average molecular weight is 391 g/mol. The van der Waals surface area contributed by atoms with Gasteiger partial charge < -0.3 is 30.9 Å². The van der Waals surface area contributed by atoms with Crippen molar-refractivity contribution in [2.24, 2.45) is 5.73 Å². The molecular formula is C20H29N3O5. The van der Waals surface area contributed by atoms with Gasteiger partial charge in [-0.05, 0) is 24.5 Å². The summed E-state index contributed by atoms with van der Waals surface area (Å²) in [5, 5.41) is 21.6. The van der Waals surface area contributed by atoms with Crippen LogP contribution in [0, 0.1) is 0 Å². The van der Waals surface area contributed by atoms with E-state index in [2.05, 4.69) is 5.32 Å². The number of nitrogens with one attached hydrogen (secondary N) is 1. The largest absolute Gasteiger partial charge is 0.478 e. The van der Waals surface area contributed by atoms with Crippen LogP contribution >= 0.6 is 0 Å². The van der Waals surface area contributed by atoms with Gasteiger partial charge in [0, 0.05) is 20.0 Å². The Morgan fingerprint density at radius 1 is 1.25 bits per heavy atom. The van der Waals surface area contributed by atoms with Gasteiger partial charge in [-0.2, -0.15) is 0 Å². The van der Waals surface area contributed by atoms with Crippen LogP contribution in [-0.4, -0.2) is 64.5 Å². The molecular weight excluding hydrogens is 362 g/mol. The Balaban J connectivity index is 2.20. The highest BCUT2D eigenvalue weighted by atomic mass is 16.6. The second-order valence-electron chi connectivity index (χ2n) is 6.85. The molecule has 0 unspecified atom stereocenters. The van der Waals surface area contributed by atoms with Crippen LogP contribution in [0.3, 0.4) is 0 Å². The van der Waals surface area contributed by atoms with Crippen molar-refractivity contribution in [3.8, 4) is 0 Å². The summed E-state index contributed by atoms with van der Waals surface area (Å²) in [5.41, 5.74) is 7.16. The molecule has 1 aromatic carbocycles. The number of carbonyl (C=O) groups is 2. The van der Waals surface area contributed by atoms with E-state index in [0.29, 0.717) is 19.5 Å². The minimum Gasteiger partial charge on any atom is -0.478 e. The van der Waals surface area contributed by atoms with Crippen LogP contribution in [0.4, 0.5) is 0 Å². The number of aliphatic hydroxyl groups is 2. The number of ether oxygens (including phenoxy) is 1. The van der Waals surface area contributed by atoms with Gasteiger partial charge in [-0.1, -0.05) is 37.3 Å². The van der Waals surface area contributed by atoms with Crippen molar-refractivity contribution in [1.29, 1.82) is 0 Å². The Morgan fingerprint density at radius 3 is 2.50 bits per heavy atom. The van der Waals surface area contributed by atoms with Crippen molar-refractivity contribution >= 4 is 11.8 Å². The van der Waals surface area contributed by atoms with Gasteiger partial charge >= 0.3 is 0 Å². The van der Waals surface area contributed by atoms with E-state index < -0.39 is 24.5 Å². The number of rotatable bonds is 8. The Bertz CT molecular complexity index is 692. The summed E-state index contributed by atoms with van der Waals surface area (Å²) in [6.45, 7) is 4.27. The maximum Gasteiger partial charge on any atom is 0.265 e. The molecule has 1 aliphatic rings. The van der Waals surface area contributed by atoms with Crippen LogP contribution in [0.25, 0.3) is 0 Å². The number of hydrogen-bond acceptors (Lipinski definition) is 6. The van der Waals surface area contributed by atoms with Gasteiger partial charge in [0.05, 0.1) is 12.1 Å². The fourth-order valence-electron chi connectivity index (χ4n) is 3.20. The fraction of sp³-hybridized carbons (Fsp3) is 0.500. The number of carbonyl (C=O) groups excluding carboxylic acids is 2. The fourth-order valence-corrected chi connectivity index (χ4v) is 3.20. The zero-order valence-electron chi connectivity index (χ0n) is 16.2. The van der Waals surface area contributed by atoms with Gasteiger partial charge in [-0.3, -0.25) is 9.59 Å². The lowest BCUT2D eigenvalue weighted by atomic mass is 9.97. The minimum atomic E-state index is -1.89. The average Bonchev–Trinajstić information content (AvgIpc) is 2.66. The standard InChI is InChI=1S/C20H29N3O5/c1-3-10-23(11-9-14-7-5-4-6-8-14)19(25)18-17(22-13(2)24)15(21)12-16(28-18)20(26)27/h4-8,12,15,17-18,20,26-27H,3,9-11,21H2,1-2H3,(H,22,24)/t15-,17+,18+/m0/s1. The van der Waals surface area contributed by atoms with Crippen molar-refractivity contribution in [3.05, 3.63) is 47.7 Å². The van der Waals surface area contributed by atoms with E-state index >= 15 is 0 Å². The molecule has 8 nitrogen and oxygen atoms in total. The Hall–Kier alpha value is -2.42. The molecule has 0 fully saturated rings. The van der Waals surface area contributed by atoms with Crippen LogP contribution in [0.5, 0.6) is 0 Å². The maximum atomic E-state index is 13.2.